The number of fused-ring (bicyclic) bond motifs is 1. The van der Waals surface area contributed by atoms with E-state index in [9.17, 15) is 9.59 Å². The molecule has 2 amide bonds. The SMILES string of the molecule is Cc1cc(C(=O)NNC(=O)Cc2c[nH]c3ccccc23)on1. The smallest absolute Gasteiger partial charge is 0.308 e. The molecule has 7 nitrogen and oxygen atoms in total. The molecule has 0 bridgehead atoms. The fraction of sp³-hybridized carbons (Fsp3) is 0.133. The highest BCUT2D eigenvalue weighted by Crippen LogP contribution is 2.17. The van der Waals surface area contributed by atoms with Gasteiger partial charge in [-0.05, 0) is 18.6 Å². The van der Waals surface area contributed by atoms with Crippen LogP contribution in [0.4, 0.5) is 0 Å². The van der Waals surface area contributed by atoms with Crippen LogP contribution in [-0.4, -0.2) is 22.0 Å². The molecule has 3 rings (SSSR count). The van der Waals surface area contributed by atoms with Crippen molar-refractivity contribution >= 4 is 22.7 Å². The summed E-state index contributed by atoms with van der Waals surface area (Å²) >= 11 is 0. The highest BCUT2D eigenvalue weighted by Gasteiger charge is 2.13. The molecule has 0 atom stereocenters. The molecule has 2 aromatic heterocycles. The van der Waals surface area contributed by atoms with Crippen molar-refractivity contribution in [3.8, 4) is 0 Å². The van der Waals surface area contributed by atoms with Crippen molar-refractivity contribution in [1.29, 1.82) is 0 Å². The molecule has 0 radical (unpaired) electrons. The second kappa shape index (κ2) is 5.72. The summed E-state index contributed by atoms with van der Waals surface area (Å²) in [5.74, 6) is -0.827. The lowest BCUT2D eigenvalue weighted by atomic mass is 10.1. The number of hydrogen-bond donors (Lipinski definition) is 3. The molecule has 0 unspecified atom stereocenters. The minimum absolute atomic E-state index is 0.0462. The predicted octanol–water partition coefficient (Wildman–Crippen LogP) is 1.47. The molecule has 0 fully saturated rings. The van der Waals surface area contributed by atoms with Crippen LogP contribution in [0, 0.1) is 6.92 Å². The first kappa shape index (κ1) is 13.9. The summed E-state index contributed by atoms with van der Waals surface area (Å²) in [6.45, 7) is 1.70. The summed E-state index contributed by atoms with van der Waals surface area (Å²) < 4.78 is 4.80. The van der Waals surface area contributed by atoms with Gasteiger partial charge in [-0.1, -0.05) is 23.4 Å². The number of rotatable bonds is 3. The minimum Gasteiger partial charge on any atom is -0.361 e. The third kappa shape index (κ3) is 2.83. The van der Waals surface area contributed by atoms with Crippen LogP contribution in [0.1, 0.15) is 21.8 Å². The molecule has 7 heteroatoms. The van der Waals surface area contributed by atoms with Gasteiger partial charge in [-0.25, -0.2) is 0 Å². The summed E-state index contributed by atoms with van der Waals surface area (Å²) in [4.78, 5) is 26.7. The molecule has 112 valence electrons. The Hall–Kier alpha value is -3.09. The van der Waals surface area contributed by atoms with E-state index in [0.717, 1.165) is 16.5 Å². The molecule has 0 aliphatic heterocycles. The average molecular weight is 298 g/mol. The first-order chi connectivity index (χ1) is 10.6. The van der Waals surface area contributed by atoms with Crippen molar-refractivity contribution in [1.82, 2.24) is 21.0 Å². The number of aromatic amines is 1. The van der Waals surface area contributed by atoms with Crippen molar-refractivity contribution in [3.63, 3.8) is 0 Å². The topological polar surface area (TPSA) is 100 Å². The van der Waals surface area contributed by atoms with Gasteiger partial charge >= 0.3 is 5.91 Å². The molecule has 0 saturated carbocycles. The van der Waals surface area contributed by atoms with Crippen LogP contribution in [0.3, 0.4) is 0 Å². The molecule has 3 aromatic rings. The molecule has 3 N–H and O–H groups in total. The number of aryl methyl sites for hydroxylation is 1. The standard InChI is InChI=1S/C15H14N4O3/c1-9-6-13(22-19-9)15(21)18-17-14(20)7-10-8-16-12-5-3-2-4-11(10)12/h2-6,8,16H,7H2,1H3,(H,17,20)(H,18,21). The maximum atomic E-state index is 11.9. The van der Waals surface area contributed by atoms with E-state index in [1.54, 1.807) is 13.1 Å². The summed E-state index contributed by atoms with van der Waals surface area (Å²) in [6.07, 6.45) is 1.94. The Morgan fingerprint density at radius 2 is 2.09 bits per heavy atom. The highest BCUT2D eigenvalue weighted by molar-refractivity contribution is 5.94. The number of hydrazine groups is 1. The number of carbonyl (C=O) groups excluding carboxylic acids is 2. The number of benzene rings is 1. The van der Waals surface area contributed by atoms with Gasteiger partial charge in [0.2, 0.25) is 11.7 Å². The molecule has 0 saturated heterocycles. The van der Waals surface area contributed by atoms with Gasteiger partial charge < -0.3 is 9.51 Å². The van der Waals surface area contributed by atoms with Crippen LogP contribution in [-0.2, 0) is 11.2 Å². The van der Waals surface area contributed by atoms with Gasteiger partial charge in [-0.3, -0.25) is 20.4 Å². The average Bonchev–Trinajstić information content (AvgIpc) is 3.12. The molecular formula is C15H14N4O3. The molecule has 2 heterocycles. The Morgan fingerprint density at radius 3 is 2.86 bits per heavy atom. The number of H-pyrrole nitrogens is 1. The molecule has 22 heavy (non-hydrogen) atoms. The molecule has 0 spiro atoms. The second-order valence-electron chi connectivity index (χ2n) is 4.87. The van der Waals surface area contributed by atoms with Gasteiger partial charge in [0.15, 0.2) is 0 Å². The maximum Gasteiger partial charge on any atom is 0.308 e. The molecule has 1 aromatic carbocycles. The number of hydrogen-bond acceptors (Lipinski definition) is 4. The van der Waals surface area contributed by atoms with Crippen LogP contribution in [0.5, 0.6) is 0 Å². The van der Waals surface area contributed by atoms with Gasteiger partial charge in [-0.2, -0.15) is 0 Å². The zero-order chi connectivity index (χ0) is 15.5. The second-order valence-corrected chi connectivity index (χ2v) is 4.87. The fourth-order valence-corrected chi connectivity index (χ4v) is 2.15. The van der Waals surface area contributed by atoms with E-state index in [2.05, 4.69) is 21.0 Å². The van der Waals surface area contributed by atoms with Crippen LogP contribution >= 0.6 is 0 Å². The number of nitrogens with zero attached hydrogens (tertiary/aromatic N) is 1. The lowest BCUT2D eigenvalue weighted by Crippen LogP contribution is -2.42. The fourth-order valence-electron chi connectivity index (χ4n) is 2.15. The van der Waals surface area contributed by atoms with Crippen LogP contribution in [0.15, 0.2) is 41.1 Å². The Morgan fingerprint density at radius 1 is 1.27 bits per heavy atom. The highest BCUT2D eigenvalue weighted by atomic mass is 16.5. The van der Waals surface area contributed by atoms with Crippen LogP contribution in [0.25, 0.3) is 10.9 Å². The van der Waals surface area contributed by atoms with Crippen LogP contribution in [0.2, 0.25) is 0 Å². The van der Waals surface area contributed by atoms with E-state index in [0.29, 0.717) is 5.69 Å². The van der Waals surface area contributed by atoms with E-state index >= 15 is 0 Å². The lowest BCUT2D eigenvalue weighted by molar-refractivity contribution is -0.121. The Bertz CT molecular complexity index is 834. The first-order valence-corrected chi connectivity index (χ1v) is 6.71. The monoisotopic (exact) mass is 298 g/mol. The van der Waals surface area contributed by atoms with Gasteiger partial charge in [0.05, 0.1) is 12.1 Å². The molecule has 0 aliphatic rings. The first-order valence-electron chi connectivity index (χ1n) is 6.71. The summed E-state index contributed by atoms with van der Waals surface area (Å²) in [5.41, 5.74) is 7.06. The van der Waals surface area contributed by atoms with Gasteiger partial charge in [-0.15, -0.1) is 0 Å². The summed E-state index contributed by atoms with van der Waals surface area (Å²) in [5, 5.41) is 4.59. The van der Waals surface area contributed by atoms with Crippen molar-refractivity contribution in [2.75, 3.05) is 0 Å². The molecular weight excluding hydrogens is 284 g/mol. The van der Waals surface area contributed by atoms with E-state index in [4.69, 9.17) is 4.52 Å². The summed E-state index contributed by atoms with van der Waals surface area (Å²) in [6, 6.07) is 9.18. The number of amides is 2. The maximum absolute atomic E-state index is 11.9. The van der Waals surface area contributed by atoms with Gasteiger partial charge in [0.1, 0.15) is 0 Å². The lowest BCUT2D eigenvalue weighted by Gasteiger charge is -2.05. The third-order valence-electron chi connectivity index (χ3n) is 3.19. The zero-order valence-electron chi connectivity index (χ0n) is 11.8. The zero-order valence-corrected chi connectivity index (χ0v) is 11.8. The quantitative estimate of drug-likeness (QED) is 0.637. The van der Waals surface area contributed by atoms with E-state index in [-0.39, 0.29) is 18.1 Å². The minimum atomic E-state index is -0.548. The normalized spacial score (nSPS) is 10.6. The van der Waals surface area contributed by atoms with Gasteiger partial charge in [0, 0.05) is 23.2 Å². The van der Waals surface area contributed by atoms with E-state index in [1.165, 1.54) is 6.07 Å². The van der Waals surface area contributed by atoms with Gasteiger partial charge in [0.25, 0.3) is 0 Å². The largest absolute Gasteiger partial charge is 0.361 e. The number of carbonyl (C=O) groups is 2. The Kier molecular flexibility index (Phi) is 3.61. The van der Waals surface area contributed by atoms with E-state index in [1.807, 2.05) is 24.3 Å². The van der Waals surface area contributed by atoms with Crippen LogP contribution < -0.4 is 10.9 Å². The van der Waals surface area contributed by atoms with Crippen molar-refractivity contribution < 1.29 is 14.1 Å². The molecule has 0 aliphatic carbocycles. The summed E-state index contributed by atoms with van der Waals surface area (Å²) in [7, 11) is 0. The third-order valence-corrected chi connectivity index (χ3v) is 3.19. The Labute approximate surface area is 125 Å². The van der Waals surface area contributed by atoms with E-state index < -0.39 is 5.91 Å². The number of aromatic nitrogens is 2. The number of para-hydroxylation sites is 1. The Balaban J connectivity index is 1.60. The van der Waals surface area contributed by atoms with Crippen molar-refractivity contribution in [2.24, 2.45) is 0 Å². The van der Waals surface area contributed by atoms with Crippen molar-refractivity contribution in [3.05, 3.63) is 53.5 Å². The predicted molar refractivity (Wildman–Crippen MR) is 78.9 cm³/mol. The van der Waals surface area contributed by atoms with Crippen molar-refractivity contribution in [2.45, 2.75) is 13.3 Å². The number of nitrogens with one attached hydrogen (secondary N) is 3.